The van der Waals surface area contributed by atoms with Crippen molar-refractivity contribution in [2.24, 2.45) is 0 Å². The van der Waals surface area contributed by atoms with Crippen LogP contribution in [-0.2, 0) is 0 Å². The van der Waals surface area contributed by atoms with Gasteiger partial charge < -0.3 is 10.6 Å². The fourth-order valence-corrected chi connectivity index (χ4v) is 1.49. The van der Waals surface area contributed by atoms with Gasteiger partial charge in [0, 0.05) is 11.4 Å². The predicted molar refractivity (Wildman–Crippen MR) is 64.6 cm³/mol. The van der Waals surface area contributed by atoms with Gasteiger partial charge >= 0.3 is 0 Å². The van der Waals surface area contributed by atoms with Gasteiger partial charge in [0.2, 0.25) is 0 Å². The first-order valence-corrected chi connectivity index (χ1v) is 5.41. The van der Waals surface area contributed by atoms with Crippen molar-refractivity contribution in [1.82, 2.24) is 10.6 Å². The highest BCUT2D eigenvalue weighted by atomic mass is 32.1. The van der Waals surface area contributed by atoms with E-state index < -0.39 is 0 Å². The van der Waals surface area contributed by atoms with E-state index in [-0.39, 0.29) is 5.91 Å². The number of hydrogen-bond donors (Lipinski definition) is 3. The van der Waals surface area contributed by atoms with E-state index in [0.717, 1.165) is 13.0 Å². The number of carbonyl (C=O) groups excluding carboxylic acids is 1. The van der Waals surface area contributed by atoms with Gasteiger partial charge in [-0.05, 0) is 32.1 Å². The van der Waals surface area contributed by atoms with Crippen LogP contribution in [0.2, 0.25) is 0 Å². The summed E-state index contributed by atoms with van der Waals surface area (Å²) in [6.07, 6.45) is 0.928. The average Bonchev–Trinajstić information content (AvgIpc) is 2.25. The summed E-state index contributed by atoms with van der Waals surface area (Å²) in [5, 5.41) is 5.87. The molecule has 0 spiro atoms. The fourth-order valence-electron chi connectivity index (χ4n) is 1.23. The Morgan fingerprint density at radius 1 is 1.33 bits per heavy atom. The van der Waals surface area contributed by atoms with Gasteiger partial charge in [0.15, 0.2) is 0 Å². The van der Waals surface area contributed by atoms with Gasteiger partial charge in [-0.15, -0.1) is 12.6 Å². The maximum atomic E-state index is 11.6. The molecule has 0 heterocycles. The van der Waals surface area contributed by atoms with Crippen LogP contribution in [0.1, 0.15) is 16.8 Å². The molecule has 1 rings (SSSR count). The van der Waals surface area contributed by atoms with Crippen LogP contribution in [0, 0.1) is 0 Å². The molecule has 4 heteroatoms. The summed E-state index contributed by atoms with van der Waals surface area (Å²) >= 11 is 4.23. The Hall–Kier alpha value is -1.00. The van der Waals surface area contributed by atoms with Crippen LogP contribution in [0.5, 0.6) is 0 Å². The molecule has 3 nitrogen and oxygen atoms in total. The van der Waals surface area contributed by atoms with Crippen LogP contribution < -0.4 is 10.6 Å². The monoisotopic (exact) mass is 224 g/mol. The second kappa shape index (κ2) is 6.48. The van der Waals surface area contributed by atoms with Crippen LogP contribution in [0.15, 0.2) is 29.2 Å². The second-order valence-corrected chi connectivity index (χ2v) is 3.71. The van der Waals surface area contributed by atoms with Crippen molar-refractivity contribution in [3.8, 4) is 0 Å². The second-order valence-electron chi connectivity index (χ2n) is 3.23. The molecule has 0 aliphatic rings. The van der Waals surface area contributed by atoms with Crippen molar-refractivity contribution in [3.63, 3.8) is 0 Å². The van der Waals surface area contributed by atoms with Crippen molar-refractivity contribution in [3.05, 3.63) is 29.8 Å². The normalized spacial score (nSPS) is 10.0. The lowest BCUT2D eigenvalue weighted by atomic mass is 10.2. The molecule has 2 N–H and O–H groups in total. The number of thiol groups is 1. The Morgan fingerprint density at radius 2 is 2.07 bits per heavy atom. The summed E-state index contributed by atoms with van der Waals surface area (Å²) < 4.78 is 0. The Balaban J connectivity index is 2.44. The van der Waals surface area contributed by atoms with Crippen LogP contribution in [0.3, 0.4) is 0 Å². The molecule has 0 unspecified atom stereocenters. The highest BCUT2D eigenvalue weighted by molar-refractivity contribution is 7.80. The highest BCUT2D eigenvalue weighted by Crippen LogP contribution is 2.12. The minimum Gasteiger partial charge on any atom is -0.352 e. The molecule has 1 aromatic carbocycles. The van der Waals surface area contributed by atoms with E-state index in [0.29, 0.717) is 17.0 Å². The third-order valence-corrected chi connectivity index (χ3v) is 2.43. The van der Waals surface area contributed by atoms with Gasteiger partial charge in [0.05, 0.1) is 5.56 Å². The van der Waals surface area contributed by atoms with E-state index in [9.17, 15) is 4.79 Å². The molecule has 0 fully saturated rings. The average molecular weight is 224 g/mol. The molecule has 0 saturated heterocycles. The van der Waals surface area contributed by atoms with Crippen molar-refractivity contribution in [1.29, 1.82) is 0 Å². The molecule has 82 valence electrons. The van der Waals surface area contributed by atoms with E-state index in [1.165, 1.54) is 0 Å². The zero-order valence-corrected chi connectivity index (χ0v) is 9.68. The summed E-state index contributed by atoms with van der Waals surface area (Å²) in [4.78, 5) is 12.4. The number of rotatable bonds is 5. The lowest BCUT2D eigenvalue weighted by Gasteiger charge is -2.06. The van der Waals surface area contributed by atoms with E-state index in [2.05, 4.69) is 23.3 Å². The minimum atomic E-state index is -0.0586. The topological polar surface area (TPSA) is 41.1 Å². The Morgan fingerprint density at radius 3 is 2.73 bits per heavy atom. The van der Waals surface area contributed by atoms with Gasteiger partial charge in [-0.2, -0.15) is 0 Å². The van der Waals surface area contributed by atoms with Gasteiger partial charge in [0.25, 0.3) is 5.91 Å². The van der Waals surface area contributed by atoms with E-state index in [1.54, 1.807) is 6.07 Å². The smallest absolute Gasteiger partial charge is 0.252 e. The van der Waals surface area contributed by atoms with Crippen molar-refractivity contribution >= 4 is 18.5 Å². The Kier molecular flexibility index (Phi) is 5.21. The summed E-state index contributed by atoms with van der Waals surface area (Å²) in [7, 11) is 1.89. The molecular weight excluding hydrogens is 208 g/mol. The molecule has 0 atom stereocenters. The first kappa shape index (κ1) is 12.1. The molecule has 1 amide bonds. The highest BCUT2D eigenvalue weighted by Gasteiger charge is 2.06. The first-order valence-electron chi connectivity index (χ1n) is 4.96. The van der Waals surface area contributed by atoms with Gasteiger partial charge in [-0.25, -0.2) is 0 Å². The number of carbonyl (C=O) groups is 1. The molecule has 15 heavy (non-hydrogen) atoms. The maximum Gasteiger partial charge on any atom is 0.252 e. The standard InChI is InChI=1S/C11H16N2OS/c1-12-7-4-8-13-11(14)9-5-2-3-6-10(9)15/h2-3,5-6,12,15H,4,7-8H2,1H3,(H,13,14). The molecule has 0 aliphatic carbocycles. The van der Waals surface area contributed by atoms with E-state index >= 15 is 0 Å². The molecular formula is C11H16N2OS. The third kappa shape index (κ3) is 3.93. The number of amides is 1. The van der Waals surface area contributed by atoms with E-state index in [4.69, 9.17) is 0 Å². The van der Waals surface area contributed by atoms with Crippen molar-refractivity contribution < 1.29 is 4.79 Å². The summed E-state index contributed by atoms with van der Waals surface area (Å²) in [5.74, 6) is -0.0586. The molecule has 1 aromatic rings. The molecule has 0 bridgehead atoms. The Bertz CT molecular complexity index is 328. The number of nitrogens with one attached hydrogen (secondary N) is 2. The SMILES string of the molecule is CNCCCNC(=O)c1ccccc1S. The fraction of sp³-hybridized carbons (Fsp3) is 0.364. The van der Waals surface area contributed by atoms with Crippen molar-refractivity contribution in [2.75, 3.05) is 20.1 Å². The summed E-state index contributed by atoms with van der Waals surface area (Å²) in [6, 6.07) is 7.28. The lowest BCUT2D eigenvalue weighted by molar-refractivity contribution is 0.0950. The minimum absolute atomic E-state index is 0.0586. The molecule has 0 aromatic heterocycles. The van der Waals surface area contributed by atoms with Gasteiger partial charge in [-0.3, -0.25) is 4.79 Å². The predicted octanol–water partition coefficient (Wildman–Crippen LogP) is 1.31. The zero-order chi connectivity index (χ0) is 11.1. The zero-order valence-electron chi connectivity index (χ0n) is 8.79. The largest absolute Gasteiger partial charge is 0.352 e. The van der Waals surface area contributed by atoms with Crippen LogP contribution in [0.25, 0.3) is 0 Å². The lowest BCUT2D eigenvalue weighted by Crippen LogP contribution is -2.26. The maximum absolute atomic E-state index is 11.6. The van der Waals surface area contributed by atoms with Crippen LogP contribution in [-0.4, -0.2) is 26.0 Å². The molecule has 0 aliphatic heterocycles. The summed E-state index contributed by atoms with van der Waals surface area (Å²) in [5.41, 5.74) is 0.630. The van der Waals surface area contributed by atoms with Crippen LogP contribution in [0.4, 0.5) is 0 Å². The number of hydrogen-bond acceptors (Lipinski definition) is 3. The number of benzene rings is 1. The quantitative estimate of drug-likeness (QED) is 0.521. The van der Waals surface area contributed by atoms with Crippen LogP contribution >= 0.6 is 12.6 Å². The first-order chi connectivity index (χ1) is 7.25. The van der Waals surface area contributed by atoms with Gasteiger partial charge in [0.1, 0.15) is 0 Å². The van der Waals surface area contributed by atoms with Gasteiger partial charge in [-0.1, -0.05) is 12.1 Å². The summed E-state index contributed by atoms with van der Waals surface area (Å²) in [6.45, 7) is 1.59. The van der Waals surface area contributed by atoms with Crippen molar-refractivity contribution in [2.45, 2.75) is 11.3 Å². The third-order valence-electron chi connectivity index (χ3n) is 2.04. The van der Waals surface area contributed by atoms with E-state index in [1.807, 2.05) is 25.2 Å². The molecule has 0 saturated carbocycles. The molecule has 0 radical (unpaired) electrons. The Labute approximate surface area is 95.7 Å².